The summed E-state index contributed by atoms with van der Waals surface area (Å²) in [5, 5.41) is 10.3. The maximum atomic E-state index is 13.6. The van der Waals surface area contributed by atoms with E-state index < -0.39 is 12.1 Å². The number of aliphatic hydroxyl groups is 1. The van der Waals surface area contributed by atoms with Crippen LogP contribution in [0.1, 0.15) is 65.6 Å². The predicted molar refractivity (Wildman–Crippen MR) is 134 cm³/mol. The summed E-state index contributed by atoms with van der Waals surface area (Å²) in [5.74, 6) is -0.230. The van der Waals surface area contributed by atoms with Crippen LogP contribution >= 0.6 is 11.3 Å². The molecule has 1 aromatic heterocycles. The van der Waals surface area contributed by atoms with Gasteiger partial charge in [0.25, 0.3) is 0 Å². The van der Waals surface area contributed by atoms with E-state index in [9.17, 15) is 14.7 Å². The van der Waals surface area contributed by atoms with Crippen LogP contribution in [-0.2, 0) is 16.0 Å². The van der Waals surface area contributed by atoms with E-state index in [1.54, 1.807) is 16.2 Å². The Morgan fingerprint density at radius 2 is 1.73 bits per heavy atom. The van der Waals surface area contributed by atoms with Crippen molar-refractivity contribution in [1.29, 1.82) is 0 Å². The number of aryl methyl sites for hydroxylation is 2. The van der Waals surface area contributed by atoms with Crippen molar-refractivity contribution in [3.8, 4) is 10.4 Å². The SMILES string of the molecule is Cc1ncsc1-c1ccc(CCC(=O)C2CC(O)CN2C(=O)C(C(C)(C)C)C(C)(C)C)cc1. The Kier molecular flexibility index (Phi) is 7.49. The number of likely N-dealkylation sites (tertiary alicyclic amines) is 1. The molecule has 1 amide bonds. The molecule has 2 unspecified atom stereocenters. The van der Waals surface area contributed by atoms with E-state index in [1.807, 2.05) is 12.4 Å². The van der Waals surface area contributed by atoms with Gasteiger partial charge in [0.1, 0.15) is 0 Å². The number of β-amino-alcohol motifs (C(OH)–C–C–N with tert-alkyl or cyclic N) is 1. The second-order valence-electron chi connectivity index (χ2n) is 11.5. The van der Waals surface area contributed by atoms with Crippen LogP contribution in [0.4, 0.5) is 0 Å². The summed E-state index contributed by atoms with van der Waals surface area (Å²) in [4.78, 5) is 33.9. The lowest BCUT2D eigenvalue weighted by molar-refractivity contribution is -0.148. The van der Waals surface area contributed by atoms with Gasteiger partial charge in [-0.25, -0.2) is 4.98 Å². The zero-order valence-corrected chi connectivity index (χ0v) is 21.8. The summed E-state index contributed by atoms with van der Waals surface area (Å²) in [6, 6.07) is 7.73. The molecule has 2 aromatic rings. The van der Waals surface area contributed by atoms with E-state index in [0.29, 0.717) is 19.3 Å². The topological polar surface area (TPSA) is 70.5 Å². The van der Waals surface area contributed by atoms with Gasteiger partial charge < -0.3 is 10.0 Å². The van der Waals surface area contributed by atoms with Crippen LogP contribution in [0.25, 0.3) is 10.4 Å². The van der Waals surface area contributed by atoms with Crippen LogP contribution in [0.15, 0.2) is 29.8 Å². The second-order valence-corrected chi connectivity index (χ2v) is 12.3. The molecule has 6 heteroatoms. The number of thiazole rings is 1. The number of aliphatic hydroxyl groups excluding tert-OH is 1. The van der Waals surface area contributed by atoms with Crippen molar-refractivity contribution in [2.75, 3.05) is 6.54 Å². The highest BCUT2D eigenvalue weighted by Crippen LogP contribution is 2.42. The smallest absolute Gasteiger partial charge is 0.227 e. The lowest BCUT2D eigenvalue weighted by Crippen LogP contribution is -2.50. The third-order valence-electron chi connectivity index (χ3n) is 6.53. The van der Waals surface area contributed by atoms with Gasteiger partial charge in [-0.15, -0.1) is 11.3 Å². The summed E-state index contributed by atoms with van der Waals surface area (Å²) in [5.41, 5.74) is 4.62. The van der Waals surface area contributed by atoms with Crippen molar-refractivity contribution < 1.29 is 14.7 Å². The van der Waals surface area contributed by atoms with E-state index in [0.717, 1.165) is 16.8 Å². The zero-order valence-electron chi connectivity index (χ0n) is 21.0. The number of aromatic nitrogens is 1. The van der Waals surface area contributed by atoms with Gasteiger partial charge in [-0.05, 0) is 35.3 Å². The van der Waals surface area contributed by atoms with Crippen molar-refractivity contribution in [2.24, 2.45) is 16.7 Å². The van der Waals surface area contributed by atoms with Crippen molar-refractivity contribution in [1.82, 2.24) is 9.88 Å². The van der Waals surface area contributed by atoms with E-state index in [2.05, 4.69) is 70.8 Å². The fourth-order valence-corrected chi connectivity index (χ4v) is 6.22. The lowest BCUT2D eigenvalue weighted by atomic mass is 9.66. The first-order valence-corrected chi connectivity index (χ1v) is 12.7. The van der Waals surface area contributed by atoms with Gasteiger partial charge in [0.05, 0.1) is 28.2 Å². The van der Waals surface area contributed by atoms with Crippen LogP contribution in [0.2, 0.25) is 0 Å². The molecule has 1 aliphatic heterocycles. The Balaban J connectivity index is 1.69. The second kappa shape index (κ2) is 9.67. The minimum Gasteiger partial charge on any atom is -0.391 e. The molecule has 1 fully saturated rings. The Labute approximate surface area is 202 Å². The largest absolute Gasteiger partial charge is 0.391 e. The Bertz CT molecular complexity index is 968. The lowest BCUT2D eigenvalue weighted by Gasteiger charge is -2.42. The monoisotopic (exact) mass is 470 g/mol. The summed E-state index contributed by atoms with van der Waals surface area (Å²) >= 11 is 1.63. The first-order valence-electron chi connectivity index (χ1n) is 11.8. The van der Waals surface area contributed by atoms with Gasteiger partial charge in [0.2, 0.25) is 5.91 Å². The summed E-state index contributed by atoms with van der Waals surface area (Å²) in [6.07, 6.45) is 0.660. The maximum absolute atomic E-state index is 13.6. The fraction of sp³-hybridized carbons (Fsp3) is 0.593. The van der Waals surface area contributed by atoms with E-state index in [1.165, 1.54) is 4.88 Å². The van der Waals surface area contributed by atoms with E-state index >= 15 is 0 Å². The molecule has 2 heterocycles. The molecular formula is C27H38N2O3S. The molecule has 33 heavy (non-hydrogen) atoms. The number of ketones is 1. The maximum Gasteiger partial charge on any atom is 0.227 e. The van der Waals surface area contributed by atoms with Crippen molar-refractivity contribution in [2.45, 2.75) is 79.9 Å². The van der Waals surface area contributed by atoms with E-state index in [-0.39, 0.29) is 35.0 Å². The predicted octanol–water partition coefficient (Wildman–Crippen LogP) is 5.29. The molecular weight excluding hydrogens is 432 g/mol. The van der Waals surface area contributed by atoms with Gasteiger partial charge in [-0.3, -0.25) is 9.59 Å². The minimum atomic E-state index is -0.648. The molecule has 0 spiro atoms. The molecule has 1 aromatic carbocycles. The quantitative estimate of drug-likeness (QED) is 0.623. The highest BCUT2D eigenvalue weighted by atomic mass is 32.1. The number of hydrogen-bond acceptors (Lipinski definition) is 5. The average molecular weight is 471 g/mol. The van der Waals surface area contributed by atoms with Crippen molar-refractivity contribution >= 4 is 23.0 Å². The van der Waals surface area contributed by atoms with Gasteiger partial charge in [0, 0.05) is 25.3 Å². The third kappa shape index (κ3) is 5.90. The van der Waals surface area contributed by atoms with E-state index in [4.69, 9.17) is 0 Å². The molecule has 5 nitrogen and oxygen atoms in total. The first-order chi connectivity index (χ1) is 15.3. The van der Waals surface area contributed by atoms with Crippen LogP contribution in [0, 0.1) is 23.7 Å². The third-order valence-corrected chi connectivity index (χ3v) is 7.51. The Morgan fingerprint density at radius 1 is 1.12 bits per heavy atom. The number of nitrogens with zero attached hydrogens (tertiary/aromatic N) is 2. The molecule has 0 radical (unpaired) electrons. The van der Waals surface area contributed by atoms with Gasteiger partial charge in [-0.1, -0.05) is 65.8 Å². The van der Waals surface area contributed by atoms with Crippen LogP contribution in [-0.4, -0.2) is 45.4 Å². The number of carbonyl (C=O) groups excluding carboxylic acids is 2. The molecule has 0 bridgehead atoms. The Hall–Kier alpha value is -2.05. The fourth-order valence-electron chi connectivity index (χ4n) is 5.40. The summed E-state index contributed by atoms with van der Waals surface area (Å²) < 4.78 is 0. The summed E-state index contributed by atoms with van der Waals surface area (Å²) in [6.45, 7) is 14.7. The highest BCUT2D eigenvalue weighted by Gasteiger charge is 2.47. The molecule has 1 N–H and O–H groups in total. The van der Waals surface area contributed by atoms with Gasteiger partial charge in [0.15, 0.2) is 5.78 Å². The number of rotatable bonds is 6. The van der Waals surface area contributed by atoms with Crippen molar-refractivity contribution in [3.63, 3.8) is 0 Å². The van der Waals surface area contributed by atoms with Gasteiger partial charge >= 0.3 is 0 Å². The number of amides is 1. The average Bonchev–Trinajstić information content (AvgIpc) is 3.30. The molecule has 0 saturated carbocycles. The van der Waals surface area contributed by atoms with Crippen LogP contribution < -0.4 is 0 Å². The molecule has 3 rings (SSSR count). The minimum absolute atomic E-state index is 0.0193. The summed E-state index contributed by atoms with van der Waals surface area (Å²) in [7, 11) is 0. The number of benzene rings is 1. The van der Waals surface area contributed by atoms with Crippen molar-refractivity contribution in [3.05, 3.63) is 41.0 Å². The number of Topliss-reactive ketones (excluding diaryl/α,β-unsaturated/α-hetero) is 1. The van der Waals surface area contributed by atoms with Crippen LogP contribution in [0.5, 0.6) is 0 Å². The molecule has 180 valence electrons. The normalized spacial score (nSPS) is 19.4. The van der Waals surface area contributed by atoms with Crippen LogP contribution in [0.3, 0.4) is 0 Å². The molecule has 2 atom stereocenters. The molecule has 1 saturated heterocycles. The molecule has 0 aliphatic carbocycles. The molecule has 1 aliphatic rings. The zero-order chi connectivity index (χ0) is 24.6. The van der Waals surface area contributed by atoms with Gasteiger partial charge in [-0.2, -0.15) is 0 Å². The number of carbonyl (C=O) groups is 2. The first kappa shape index (κ1) is 25.6. The Morgan fingerprint density at radius 3 is 2.24 bits per heavy atom. The number of hydrogen-bond donors (Lipinski definition) is 1. The highest BCUT2D eigenvalue weighted by molar-refractivity contribution is 7.13. The standard InChI is InChI=1S/C27H38N2O3S/c1-17-23(33-16-28-17)19-11-8-18(9-12-19)10-13-22(31)21-14-20(30)15-29(21)25(32)24(26(2,3)4)27(5,6)7/h8-9,11-12,16,20-21,24,30H,10,13-15H2,1-7H3.